The highest BCUT2D eigenvalue weighted by Gasteiger charge is 2.09. The molecule has 0 bridgehead atoms. The summed E-state index contributed by atoms with van der Waals surface area (Å²) in [6.07, 6.45) is 4.55. The molecule has 0 aliphatic rings. The zero-order valence-electron chi connectivity index (χ0n) is 13.0. The Hall–Kier alpha value is -2.57. The van der Waals surface area contributed by atoms with Gasteiger partial charge in [0.2, 0.25) is 0 Å². The second-order valence-electron chi connectivity index (χ2n) is 4.91. The second kappa shape index (κ2) is 8.50. The summed E-state index contributed by atoms with van der Waals surface area (Å²) in [5, 5.41) is 12.3. The maximum Gasteiger partial charge on any atom is 0.156 e. The summed E-state index contributed by atoms with van der Waals surface area (Å²) in [7, 11) is 0. The van der Waals surface area contributed by atoms with Crippen LogP contribution >= 0.6 is 23.2 Å². The normalized spacial score (nSPS) is 11.0. The molecule has 8 heteroatoms. The van der Waals surface area contributed by atoms with Crippen molar-refractivity contribution in [1.29, 1.82) is 0 Å². The third-order valence-corrected chi connectivity index (χ3v) is 3.67. The summed E-state index contributed by atoms with van der Waals surface area (Å²) in [5.74, 6) is 1.20. The van der Waals surface area contributed by atoms with Gasteiger partial charge in [-0.05, 0) is 29.8 Å². The molecule has 25 heavy (non-hydrogen) atoms. The van der Waals surface area contributed by atoms with E-state index in [9.17, 15) is 0 Å². The molecule has 0 aliphatic heterocycles. The lowest BCUT2D eigenvalue weighted by molar-refractivity contribution is 0.217. The molecule has 3 rings (SSSR count). The van der Waals surface area contributed by atoms with Crippen LogP contribution in [0.3, 0.4) is 0 Å². The molecule has 0 saturated heterocycles. The van der Waals surface area contributed by atoms with Crippen molar-refractivity contribution in [3.05, 3.63) is 70.7 Å². The van der Waals surface area contributed by atoms with E-state index in [1.165, 1.54) is 17.3 Å². The number of ether oxygens (including phenoxy) is 2. The van der Waals surface area contributed by atoms with E-state index < -0.39 is 0 Å². The minimum absolute atomic E-state index is 0.322. The van der Waals surface area contributed by atoms with E-state index in [1.54, 1.807) is 18.3 Å². The van der Waals surface area contributed by atoms with Crippen LogP contribution in [0.4, 0.5) is 0 Å². The first-order valence-electron chi connectivity index (χ1n) is 7.41. The third kappa shape index (κ3) is 4.95. The Balaban J connectivity index is 1.58. The highest BCUT2D eigenvalue weighted by atomic mass is 35.5. The maximum atomic E-state index is 6.25. The van der Waals surface area contributed by atoms with Gasteiger partial charge >= 0.3 is 0 Å². The Labute approximate surface area is 154 Å². The minimum Gasteiger partial charge on any atom is -0.490 e. The Morgan fingerprint density at radius 1 is 0.960 bits per heavy atom. The predicted molar refractivity (Wildman–Crippen MR) is 96.9 cm³/mol. The Morgan fingerprint density at radius 2 is 1.60 bits per heavy atom. The van der Waals surface area contributed by atoms with Gasteiger partial charge in [-0.15, -0.1) is 10.2 Å². The monoisotopic (exact) mass is 376 g/mol. The van der Waals surface area contributed by atoms with Gasteiger partial charge in [-0.2, -0.15) is 5.10 Å². The van der Waals surface area contributed by atoms with Crippen LogP contribution < -0.4 is 9.47 Å². The zero-order valence-corrected chi connectivity index (χ0v) is 14.6. The van der Waals surface area contributed by atoms with Gasteiger partial charge in [0, 0.05) is 0 Å². The van der Waals surface area contributed by atoms with Crippen molar-refractivity contribution in [2.75, 3.05) is 13.2 Å². The molecule has 1 heterocycles. The summed E-state index contributed by atoms with van der Waals surface area (Å²) < 4.78 is 12.7. The van der Waals surface area contributed by atoms with Gasteiger partial charge in [-0.3, -0.25) is 0 Å². The van der Waals surface area contributed by atoms with Gasteiger partial charge in [0.15, 0.2) is 5.75 Å². The molecule has 0 unspecified atom stereocenters. The molecule has 0 atom stereocenters. The van der Waals surface area contributed by atoms with Crippen LogP contribution in [0.15, 0.2) is 60.2 Å². The van der Waals surface area contributed by atoms with E-state index in [0.29, 0.717) is 29.0 Å². The fourth-order valence-corrected chi connectivity index (χ4v) is 2.61. The number of para-hydroxylation sites is 1. The molecule has 0 N–H and O–H groups in total. The largest absolute Gasteiger partial charge is 0.490 e. The van der Waals surface area contributed by atoms with Gasteiger partial charge < -0.3 is 9.47 Å². The number of hydrogen-bond acceptors (Lipinski definition) is 5. The van der Waals surface area contributed by atoms with Gasteiger partial charge in [0.05, 0.1) is 16.3 Å². The lowest BCUT2D eigenvalue weighted by atomic mass is 10.2. The first kappa shape index (κ1) is 17.3. The number of halogens is 2. The van der Waals surface area contributed by atoms with Crippen molar-refractivity contribution >= 4 is 29.4 Å². The maximum absolute atomic E-state index is 6.25. The molecule has 3 aromatic rings. The Morgan fingerprint density at radius 3 is 2.28 bits per heavy atom. The fraction of sp³-hybridized carbons (Fsp3) is 0.118. The molecular formula is C17H14Cl2N4O2. The summed E-state index contributed by atoms with van der Waals surface area (Å²) in [4.78, 5) is 0. The standard InChI is InChI=1S/C17H14Cl2N4O2/c18-15-8-13(10-22-23-11-20-21-12-23)9-16(19)17(15)25-7-6-24-14-4-2-1-3-5-14/h1-5,8-12H,6-7H2. The van der Waals surface area contributed by atoms with Crippen LogP contribution in [0.5, 0.6) is 11.5 Å². The van der Waals surface area contributed by atoms with Crippen LogP contribution in [0.2, 0.25) is 10.0 Å². The van der Waals surface area contributed by atoms with Gasteiger partial charge in [0.25, 0.3) is 0 Å². The SMILES string of the molecule is Clc1cc(C=Nn2cnnc2)cc(Cl)c1OCCOc1ccccc1. The highest BCUT2D eigenvalue weighted by Crippen LogP contribution is 2.33. The molecule has 1 aromatic heterocycles. The van der Waals surface area contributed by atoms with Crippen LogP contribution in [-0.4, -0.2) is 34.3 Å². The Kier molecular flexibility index (Phi) is 5.87. The van der Waals surface area contributed by atoms with Crippen molar-refractivity contribution in [1.82, 2.24) is 14.9 Å². The van der Waals surface area contributed by atoms with Crippen molar-refractivity contribution in [2.24, 2.45) is 5.10 Å². The quantitative estimate of drug-likeness (QED) is 0.463. The van der Waals surface area contributed by atoms with Crippen molar-refractivity contribution < 1.29 is 9.47 Å². The fourth-order valence-electron chi connectivity index (χ4n) is 2.00. The molecule has 0 aliphatic carbocycles. The Bertz CT molecular complexity index is 816. The van der Waals surface area contributed by atoms with Gasteiger partial charge in [-0.25, -0.2) is 4.68 Å². The molecule has 128 valence electrons. The summed E-state index contributed by atoms with van der Waals surface area (Å²) in [5.41, 5.74) is 0.733. The van der Waals surface area contributed by atoms with Gasteiger partial charge in [0.1, 0.15) is 31.6 Å². The molecule has 2 aromatic carbocycles. The van der Waals surface area contributed by atoms with Gasteiger partial charge in [-0.1, -0.05) is 41.4 Å². The van der Waals surface area contributed by atoms with E-state index in [0.717, 1.165) is 11.3 Å². The van der Waals surface area contributed by atoms with Crippen LogP contribution in [0.1, 0.15) is 5.56 Å². The molecule has 0 fully saturated rings. The lowest BCUT2D eigenvalue weighted by Crippen LogP contribution is -2.09. The second-order valence-corrected chi connectivity index (χ2v) is 5.72. The highest BCUT2D eigenvalue weighted by molar-refractivity contribution is 6.37. The molecule has 0 radical (unpaired) electrons. The van der Waals surface area contributed by atoms with E-state index in [-0.39, 0.29) is 0 Å². The summed E-state index contributed by atoms with van der Waals surface area (Å²) >= 11 is 12.5. The average molecular weight is 377 g/mol. The van der Waals surface area contributed by atoms with E-state index >= 15 is 0 Å². The topological polar surface area (TPSA) is 61.5 Å². The summed E-state index contributed by atoms with van der Waals surface area (Å²) in [6.45, 7) is 0.704. The summed E-state index contributed by atoms with van der Waals surface area (Å²) in [6, 6.07) is 12.9. The average Bonchev–Trinajstić information content (AvgIpc) is 3.13. The van der Waals surface area contributed by atoms with Crippen LogP contribution in [-0.2, 0) is 0 Å². The third-order valence-electron chi connectivity index (χ3n) is 3.11. The first-order valence-corrected chi connectivity index (χ1v) is 8.16. The number of hydrogen-bond donors (Lipinski definition) is 0. The van der Waals surface area contributed by atoms with E-state index in [4.69, 9.17) is 32.7 Å². The molecular weight excluding hydrogens is 363 g/mol. The van der Waals surface area contributed by atoms with Crippen LogP contribution in [0.25, 0.3) is 0 Å². The first-order chi connectivity index (χ1) is 12.2. The minimum atomic E-state index is 0.322. The number of aromatic nitrogens is 3. The predicted octanol–water partition coefficient (Wildman–Crippen LogP) is 3.92. The number of benzene rings is 2. The number of nitrogens with zero attached hydrogens (tertiary/aromatic N) is 4. The number of rotatable bonds is 7. The zero-order chi connectivity index (χ0) is 17.5. The molecule has 0 saturated carbocycles. The lowest BCUT2D eigenvalue weighted by Gasteiger charge is -2.11. The molecule has 6 nitrogen and oxygen atoms in total. The van der Waals surface area contributed by atoms with Crippen molar-refractivity contribution in [2.45, 2.75) is 0 Å². The van der Waals surface area contributed by atoms with Crippen molar-refractivity contribution in [3.63, 3.8) is 0 Å². The van der Waals surface area contributed by atoms with E-state index in [2.05, 4.69) is 15.3 Å². The van der Waals surface area contributed by atoms with E-state index in [1.807, 2.05) is 30.3 Å². The van der Waals surface area contributed by atoms with Crippen molar-refractivity contribution in [3.8, 4) is 11.5 Å². The smallest absolute Gasteiger partial charge is 0.156 e. The van der Waals surface area contributed by atoms with Crippen LogP contribution in [0, 0.1) is 0 Å². The molecule has 0 amide bonds. The molecule has 0 spiro atoms.